The first-order valence-electron chi connectivity index (χ1n) is 6.97. The molecule has 2 heterocycles. The molecular formula is C15H20ClN3O2S. The van der Waals surface area contributed by atoms with Gasteiger partial charge in [0.25, 0.3) is 5.91 Å². The van der Waals surface area contributed by atoms with E-state index in [0.717, 1.165) is 29.6 Å². The van der Waals surface area contributed by atoms with Crippen molar-refractivity contribution < 1.29 is 9.21 Å². The van der Waals surface area contributed by atoms with E-state index in [0.29, 0.717) is 17.3 Å². The molecule has 120 valence electrons. The fourth-order valence-electron chi connectivity index (χ4n) is 1.90. The van der Waals surface area contributed by atoms with E-state index in [1.807, 2.05) is 26.2 Å². The summed E-state index contributed by atoms with van der Waals surface area (Å²) >= 11 is 7.48. The van der Waals surface area contributed by atoms with Crippen LogP contribution >= 0.6 is 23.4 Å². The lowest BCUT2D eigenvalue weighted by molar-refractivity contribution is 0.0952. The smallest absolute Gasteiger partial charge is 0.267 e. The Morgan fingerprint density at radius 3 is 2.86 bits per heavy atom. The normalized spacial score (nSPS) is 11.1. The standard InChI is InChI=1S/C15H20ClN3O2S/c1-19(2)9-12-3-4-13(21-12)10-22-6-5-17-15(20)14-7-11(16)8-18-14/h3-4,7-8,18H,5-6,9-10H2,1-2H3,(H,17,20). The number of carbonyl (C=O) groups is 1. The second-order valence-electron chi connectivity index (χ2n) is 5.15. The number of aromatic amines is 1. The third kappa shape index (κ3) is 5.44. The lowest BCUT2D eigenvalue weighted by Crippen LogP contribution is -2.25. The summed E-state index contributed by atoms with van der Waals surface area (Å²) in [7, 11) is 4.02. The van der Waals surface area contributed by atoms with Gasteiger partial charge in [0.15, 0.2) is 0 Å². The van der Waals surface area contributed by atoms with Gasteiger partial charge in [-0.15, -0.1) is 0 Å². The monoisotopic (exact) mass is 341 g/mol. The molecule has 5 nitrogen and oxygen atoms in total. The molecule has 0 aliphatic heterocycles. The molecule has 2 rings (SSSR count). The predicted octanol–water partition coefficient (Wildman–Crippen LogP) is 2.99. The highest BCUT2D eigenvalue weighted by atomic mass is 35.5. The Morgan fingerprint density at radius 1 is 1.41 bits per heavy atom. The van der Waals surface area contributed by atoms with E-state index in [4.69, 9.17) is 16.0 Å². The van der Waals surface area contributed by atoms with E-state index >= 15 is 0 Å². The van der Waals surface area contributed by atoms with E-state index in [-0.39, 0.29) is 5.91 Å². The number of furan rings is 1. The maximum absolute atomic E-state index is 11.8. The second kappa shape index (κ2) is 8.31. The summed E-state index contributed by atoms with van der Waals surface area (Å²) < 4.78 is 5.72. The van der Waals surface area contributed by atoms with Crippen molar-refractivity contribution in [2.24, 2.45) is 0 Å². The average molecular weight is 342 g/mol. The SMILES string of the molecule is CN(C)Cc1ccc(CSCCNC(=O)c2cc(Cl)c[nH]2)o1. The summed E-state index contributed by atoms with van der Waals surface area (Å²) in [6.45, 7) is 1.41. The van der Waals surface area contributed by atoms with Gasteiger partial charge < -0.3 is 19.6 Å². The van der Waals surface area contributed by atoms with E-state index in [1.165, 1.54) is 0 Å². The molecule has 22 heavy (non-hydrogen) atoms. The molecule has 0 bridgehead atoms. The first-order valence-corrected chi connectivity index (χ1v) is 8.50. The number of H-pyrrole nitrogens is 1. The van der Waals surface area contributed by atoms with Crippen LogP contribution in [0.25, 0.3) is 0 Å². The van der Waals surface area contributed by atoms with E-state index in [1.54, 1.807) is 24.0 Å². The van der Waals surface area contributed by atoms with Crippen LogP contribution in [-0.2, 0) is 12.3 Å². The van der Waals surface area contributed by atoms with Crippen LogP contribution < -0.4 is 5.32 Å². The van der Waals surface area contributed by atoms with E-state index in [9.17, 15) is 4.79 Å². The number of carbonyl (C=O) groups excluding carboxylic acids is 1. The molecular weight excluding hydrogens is 322 g/mol. The number of thioether (sulfide) groups is 1. The van der Waals surface area contributed by atoms with Gasteiger partial charge in [-0.2, -0.15) is 11.8 Å². The quantitative estimate of drug-likeness (QED) is 0.725. The van der Waals surface area contributed by atoms with Crippen molar-refractivity contribution in [3.05, 3.63) is 46.6 Å². The molecule has 2 N–H and O–H groups in total. The van der Waals surface area contributed by atoms with Gasteiger partial charge in [0.1, 0.15) is 17.2 Å². The Bertz CT molecular complexity index is 609. The van der Waals surface area contributed by atoms with Crippen LogP contribution in [0.1, 0.15) is 22.0 Å². The number of hydrogen-bond donors (Lipinski definition) is 2. The van der Waals surface area contributed by atoms with Gasteiger partial charge in [-0.3, -0.25) is 4.79 Å². The molecule has 0 saturated heterocycles. The van der Waals surface area contributed by atoms with Crippen LogP contribution in [0.2, 0.25) is 5.02 Å². The Balaban J connectivity index is 1.63. The van der Waals surface area contributed by atoms with Crippen LogP contribution in [0, 0.1) is 0 Å². The number of halogens is 1. The van der Waals surface area contributed by atoms with Gasteiger partial charge in [-0.25, -0.2) is 0 Å². The number of rotatable bonds is 8. The molecule has 0 aromatic carbocycles. The Kier molecular flexibility index (Phi) is 6.42. The lowest BCUT2D eigenvalue weighted by Gasteiger charge is -2.06. The molecule has 0 unspecified atom stereocenters. The lowest BCUT2D eigenvalue weighted by atomic mass is 10.4. The zero-order valence-electron chi connectivity index (χ0n) is 12.7. The maximum atomic E-state index is 11.8. The topological polar surface area (TPSA) is 61.3 Å². The average Bonchev–Trinajstić information content (AvgIpc) is 3.07. The van der Waals surface area contributed by atoms with Crippen LogP contribution in [0.4, 0.5) is 0 Å². The van der Waals surface area contributed by atoms with E-state index in [2.05, 4.69) is 15.2 Å². The third-order valence-electron chi connectivity index (χ3n) is 2.86. The highest BCUT2D eigenvalue weighted by molar-refractivity contribution is 7.98. The molecule has 0 spiro atoms. The van der Waals surface area contributed by atoms with Crippen molar-refractivity contribution in [2.75, 3.05) is 26.4 Å². The first kappa shape index (κ1) is 17.0. The second-order valence-corrected chi connectivity index (χ2v) is 6.69. The minimum Gasteiger partial charge on any atom is -0.464 e. The molecule has 7 heteroatoms. The van der Waals surface area contributed by atoms with Crippen molar-refractivity contribution in [1.82, 2.24) is 15.2 Å². The minimum absolute atomic E-state index is 0.140. The fourth-order valence-corrected chi connectivity index (χ4v) is 2.81. The maximum Gasteiger partial charge on any atom is 0.267 e. The van der Waals surface area contributed by atoms with Gasteiger partial charge in [-0.05, 0) is 32.3 Å². The van der Waals surface area contributed by atoms with Gasteiger partial charge in [0.2, 0.25) is 0 Å². The van der Waals surface area contributed by atoms with Crippen molar-refractivity contribution >= 4 is 29.3 Å². The van der Waals surface area contributed by atoms with Crippen molar-refractivity contribution in [3.8, 4) is 0 Å². The summed E-state index contributed by atoms with van der Waals surface area (Å²) in [5, 5.41) is 3.38. The summed E-state index contributed by atoms with van der Waals surface area (Å²) in [5.41, 5.74) is 0.481. The zero-order valence-corrected chi connectivity index (χ0v) is 14.3. The summed E-state index contributed by atoms with van der Waals surface area (Å²) in [5.74, 6) is 3.42. The summed E-state index contributed by atoms with van der Waals surface area (Å²) in [4.78, 5) is 16.7. The number of nitrogens with zero attached hydrogens (tertiary/aromatic N) is 1. The fraction of sp³-hybridized carbons (Fsp3) is 0.400. The molecule has 0 aliphatic carbocycles. The Hall–Kier alpha value is -1.37. The van der Waals surface area contributed by atoms with E-state index < -0.39 is 0 Å². The number of amides is 1. The number of hydrogen-bond acceptors (Lipinski definition) is 4. The number of aromatic nitrogens is 1. The van der Waals surface area contributed by atoms with Crippen molar-refractivity contribution in [1.29, 1.82) is 0 Å². The molecule has 1 amide bonds. The largest absolute Gasteiger partial charge is 0.464 e. The summed E-state index contributed by atoms with van der Waals surface area (Å²) in [6, 6.07) is 5.62. The highest BCUT2D eigenvalue weighted by Gasteiger charge is 2.07. The molecule has 0 fully saturated rings. The van der Waals surface area contributed by atoms with Gasteiger partial charge in [-0.1, -0.05) is 11.6 Å². The van der Waals surface area contributed by atoms with Gasteiger partial charge in [0, 0.05) is 18.5 Å². The Labute approximate surface area is 139 Å². The molecule has 2 aromatic heterocycles. The highest BCUT2D eigenvalue weighted by Crippen LogP contribution is 2.16. The Morgan fingerprint density at radius 2 is 2.18 bits per heavy atom. The number of nitrogens with one attached hydrogen (secondary N) is 2. The summed E-state index contributed by atoms with van der Waals surface area (Å²) in [6.07, 6.45) is 1.59. The predicted molar refractivity (Wildman–Crippen MR) is 90.4 cm³/mol. The van der Waals surface area contributed by atoms with Crippen LogP contribution in [0.5, 0.6) is 0 Å². The van der Waals surface area contributed by atoms with Crippen LogP contribution in [-0.4, -0.2) is 42.2 Å². The van der Waals surface area contributed by atoms with Crippen LogP contribution in [0.3, 0.4) is 0 Å². The van der Waals surface area contributed by atoms with Crippen molar-refractivity contribution in [3.63, 3.8) is 0 Å². The molecule has 2 aromatic rings. The zero-order chi connectivity index (χ0) is 15.9. The van der Waals surface area contributed by atoms with Gasteiger partial charge >= 0.3 is 0 Å². The molecule has 0 saturated carbocycles. The van der Waals surface area contributed by atoms with Crippen molar-refractivity contribution in [2.45, 2.75) is 12.3 Å². The van der Waals surface area contributed by atoms with Gasteiger partial charge in [0.05, 0.1) is 17.3 Å². The molecule has 0 atom stereocenters. The molecule has 0 radical (unpaired) electrons. The molecule has 0 aliphatic rings. The minimum atomic E-state index is -0.140. The third-order valence-corrected chi connectivity index (χ3v) is 4.06. The van der Waals surface area contributed by atoms with Crippen LogP contribution in [0.15, 0.2) is 28.8 Å². The first-order chi connectivity index (χ1) is 10.5.